The van der Waals surface area contributed by atoms with Crippen LogP contribution in [0.2, 0.25) is 0 Å². The van der Waals surface area contributed by atoms with Crippen molar-refractivity contribution >= 4 is 0 Å². The maximum atomic E-state index is 5.64. The van der Waals surface area contributed by atoms with Crippen LogP contribution in [0.15, 0.2) is 0 Å². The molecule has 0 saturated carbocycles. The predicted molar refractivity (Wildman–Crippen MR) is 71.9 cm³/mol. The van der Waals surface area contributed by atoms with Crippen LogP contribution in [0, 0.1) is 0 Å². The lowest BCUT2D eigenvalue weighted by Crippen LogP contribution is -2.21. The van der Waals surface area contributed by atoms with E-state index in [0.717, 1.165) is 26.4 Å². The molecule has 0 aromatic heterocycles. The van der Waals surface area contributed by atoms with Gasteiger partial charge in [0.2, 0.25) is 0 Å². The van der Waals surface area contributed by atoms with Crippen LogP contribution in [0.25, 0.3) is 0 Å². The van der Waals surface area contributed by atoms with Crippen molar-refractivity contribution in [3.05, 3.63) is 0 Å². The van der Waals surface area contributed by atoms with E-state index in [0.29, 0.717) is 6.10 Å². The van der Waals surface area contributed by atoms with E-state index in [-0.39, 0.29) is 5.60 Å². The summed E-state index contributed by atoms with van der Waals surface area (Å²) < 4.78 is 16.3. The highest BCUT2D eigenvalue weighted by atomic mass is 16.6. The molecule has 2 unspecified atom stereocenters. The summed E-state index contributed by atoms with van der Waals surface area (Å²) in [6.07, 6.45) is 11.1. The molecule has 3 heteroatoms. The Balaban J connectivity index is 1.40. The van der Waals surface area contributed by atoms with Crippen molar-refractivity contribution in [1.82, 2.24) is 0 Å². The maximum Gasteiger partial charge on any atom is 0.115 e. The second-order valence-corrected chi connectivity index (χ2v) is 5.81. The Morgan fingerprint density at radius 1 is 1.11 bits per heavy atom. The van der Waals surface area contributed by atoms with Crippen molar-refractivity contribution in [2.45, 2.75) is 70.0 Å². The Morgan fingerprint density at radius 2 is 1.78 bits per heavy atom. The first kappa shape index (κ1) is 14.3. The van der Waals surface area contributed by atoms with Crippen molar-refractivity contribution in [1.29, 1.82) is 0 Å². The summed E-state index contributed by atoms with van der Waals surface area (Å²) in [5.74, 6) is 0. The summed E-state index contributed by atoms with van der Waals surface area (Å²) in [6, 6.07) is 0. The van der Waals surface area contributed by atoms with Crippen molar-refractivity contribution in [2.75, 3.05) is 26.4 Å². The monoisotopic (exact) mass is 256 g/mol. The van der Waals surface area contributed by atoms with E-state index in [4.69, 9.17) is 14.2 Å². The number of hydrogen-bond donors (Lipinski definition) is 0. The minimum absolute atomic E-state index is 0.0817. The first-order valence-corrected chi connectivity index (χ1v) is 7.68. The van der Waals surface area contributed by atoms with E-state index in [1.54, 1.807) is 0 Å². The van der Waals surface area contributed by atoms with E-state index < -0.39 is 0 Å². The molecular weight excluding hydrogens is 228 g/mol. The van der Waals surface area contributed by atoms with Crippen molar-refractivity contribution in [3.8, 4) is 0 Å². The zero-order valence-corrected chi connectivity index (χ0v) is 11.8. The van der Waals surface area contributed by atoms with Crippen LogP contribution < -0.4 is 0 Å². The summed E-state index contributed by atoms with van der Waals surface area (Å²) in [7, 11) is 0. The third kappa shape index (κ3) is 5.68. The normalized spacial score (nSPS) is 29.5. The number of hydrogen-bond acceptors (Lipinski definition) is 3. The van der Waals surface area contributed by atoms with Gasteiger partial charge < -0.3 is 14.2 Å². The molecule has 2 rings (SSSR count). The second-order valence-electron chi connectivity index (χ2n) is 5.81. The molecule has 3 nitrogen and oxygen atoms in total. The van der Waals surface area contributed by atoms with Gasteiger partial charge in [-0.3, -0.25) is 0 Å². The Bertz CT molecular complexity index is 222. The highest BCUT2D eigenvalue weighted by molar-refractivity contribution is 4.92. The molecule has 2 heterocycles. The minimum atomic E-state index is 0.0817. The topological polar surface area (TPSA) is 34.3 Å². The SMILES string of the molecule is CCCCCCCCCC1(COCC2CO2)CO1. The van der Waals surface area contributed by atoms with Gasteiger partial charge in [-0.2, -0.15) is 0 Å². The van der Waals surface area contributed by atoms with Crippen LogP contribution in [-0.4, -0.2) is 38.1 Å². The Morgan fingerprint density at radius 3 is 2.39 bits per heavy atom. The Kier molecular flexibility index (Phi) is 5.93. The molecule has 0 spiro atoms. The third-order valence-corrected chi connectivity index (χ3v) is 3.86. The largest absolute Gasteiger partial charge is 0.376 e. The number of ether oxygens (including phenoxy) is 3. The van der Waals surface area contributed by atoms with Crippen LogP contribution in [0.3, 0.4) is 0 Å². The smallest absolute Gasteiger partial charge is 0.115 e. The average Bonchev–Trinajstić information content (AvgIpc) is 3.25. The van der Waals surface area contributed by atoms with Crippen molar-refractivity contribution in [2.24, 2.45) is 0 Å². The van der Waals surface area contributed by atoms with Gasteiger partial charge in [0.15, 0.2) is 0 Å². The van der Waals surface area contributed by atoms with Gasteiger partial charge in [0, 0.05) is 0 Å². The molecule has 2 atom stereocenters. The summed E-state index contributed by atoms with van der Waals surface area (Å²) in [5.41, 5.74) is 0.0817. The van der Waals surface area contributed by atoms with Crippen LogP contribution in [-0.2, 0) is 14.2 Å². The average molecular weight is 256 g/mol. The van der Waals surface area contributed by atoms with Crippen LogP contribution in [0.4, 0.5) is 0 Å². The third-order valence-electron chi connectivity index (χ3n) is 3.86. The van der Waals surface area contributed by atoms with Crippen LogP contribution >= 0.6 is 0 Å². The van der Waals surface area contributed by atoms with Crippen molar-refractivity contribution in [3.63, 3.8) is 0 Å². The van der Waals surface area contributed by atoms with Gasteiger partial charge >= 0.3 is 0 Å². The molecular formula is C15H28O3. The first-order valence-electron chi connectivity index (χ1n) is 7.68. The lowest BCUT2D eigenvalue weighted by molar-refractivity contribution is 0.0637. The Labute approximate surface area is 111 Å². The Hall–Kier alpha value is -0.120. The number of unbranched alkanes of at least 4 members (excludes halogenated alkanes) is 6. The molecule has 2 aliphatic heterocycles. The molecule has 18 heavy (non-hydrogen) atoms. The van der Waals surface area contributed by atoms with Gasteiger partial charge in [-0.05, 0) is 6.42 Å². The van der Waals surface area contributed by atoms with E-state index in [2.05, 4.69) is 6.92 Å². The second kappa shape index (κ2) is 7.46. The molecule has 0 bridgehead atoms. The fourth-order valence-corrected chi connectivity index (χ4v) is 2.35. The lowest BCUT2D eigenvalue weighted by Gasteiger charge is -2.11. The molecule has 2 saturated heterocycles. The van der Waals surface area contributed by atoms with Crippen LogP contribution in [0.5, 0.6) is 0 Å². The lowest BCUT2D eigenvalue weighted by atomic mass is 10.0. The molecule has 0 N–H and O–H groups in total. The van der Waals surface area contributed by atoms with Gasteiger partial charge in [0.05, 0.1) is 26.4 Å². The van der Waals surface area contributed by atoms with Crippen LogP contribution in [0.1, 0.15) is 58.3 Å². The van der Waals surface area contributed by atoms with Gasteiger partial charge in [0.25, 0.3) is 0 Å². The molecule has 2 aliphatic rings. The van der Waals surface area contributed by atoms with E-state index >= 15 is 0 Å². The summed E-state index contributed by atoms with van der Waals surface area (Å²) in [5, 5.41) is 0. The highest BCUT2D eigenvalue weighted by Gasteiger charge is 2.44. The fourth-order valence-electron chi connectivity index (χ4n) is 2.35. The fraction of sp³-hybridized carbons (Fsp3) is 1.00. The minimum Gasteiger partial charge on any atom is -0.376 e. The quantitative estimate of drug-likeness (QED) is 0.397. The predicted octanol–water partition coefficient (Wildman–Crippen LogP) is 3.31. The van der Waals surface area contributed by atoms with Gasteiger partial charge in [-0.25, -0.2) is 0 Å². The van der Waals surface area contributed by atoms with Crippen molar-refractivity contribution < 1.29 is 14.2 Å². The van der Waals surface area contributed by atoms with E-state index in [1.165, 1.54) is 51.4 Å². The zero-order valence-electron chi connectivity index (χ0n) is 11.8. The van der Waals surface area contributed by atoms with E-state index in [1.807, 2.05) is 0 Å². The molecule has 0 aromatic rings. The van der Waals surface area contributed by atoms with Gasteiger partial charge in [0.1, 0.15) is 11.7 Å². The molecule has 0 radical (unpaired) electrons. The zero-order chi connectivity index (χ0) is 12.7. The number of rotatable bonds is 12. The maximum absolute atomic E-state index is 5.64. The first-order chi connectivity index (χ1) is 8.85. The molecule has 0 aliphatic carbocycles. The molecule has 106 valence electrons. The summed E-state index contributed by atoms with van der Waals surface area (Å²) >= 11 is 0. The standard InChI is InChI=1S/C15H28O3/c1-2-3-4-5-6-7-8-9-15(13-18-15)12-16-10-14-11-17-14/h14H,2-13H2,1H3. The molecule has 2 fully saturated rings. The van der Waals surface area contributed by atoms with Gasteiger partial charge in [-0.1, -0.05) is 51.9 Å². The highest BCUT2D eigenvalue weighted by Crippen LogP contribution is 2.33. The van der Waals surface area contributed by atoms with Gasteiger partial charge in [-0.15, -0.1) is 0 Å². The summed E-state index contributed by atoms with van der Waals surface area (Å²) in [6.45, 7) is 5.56. The number of epoxide rings is 2. The molecule has 0 amide bonds. The van der Waals surface area contributed by atoms with E-state index in [9.17, 15) is 0 Å². The summed E-state index contributed by atoms with van der Waals surface area (Å²) in [4.78, 5) is 0. The molecule has 0 aromatic carbocycles.